The molecule has 1 fully saturated rings. The van der Waals surface area contributed by atoms with E-state index >= 15 is 0 Å². The molecule has 0 heterocycles. The Morgan fingerprint density at radius 3 is 0.894 bits per heavy atom. The quantitative estimate of drug-likeness (QED) is 0.143. The molecule has 2 atom stereocenters. The lowest BCUT2D eigenvalue weighted by Crippen LogP contribution is -2.75. The number of nitrogens with one attached hydrogen (secondary N) is 2. The molecule has 392 valence electrons. The van der Waals surface area contributed by atoms with Gasteiger partial charge in [0, 0.05) is 12.6 Å². The average molecular weight is 1060 g/mol. The summed E-state index contributed by atoms with van der Waals surface area (Å²) >= 11 is 0. The molecule has 1 aliphatic carbocycles. The molecule has 1 saturated carbocycles. The van der Waals surface area contributed by atoms with Gasteiger partial charge in [-0.3, -0.25) is 9.59 Å². The molecule has 0 aromatic carbocycles. The topological polar surface area (TPSA) is 58.2 Å². The Balaban J connectivity index is 3.58. The molecule has 0 aromatic heterocycles. The highest BCUT2D eigenvalue weighted by Crippen LogP contribution is 2.66. The van der Waals surface area contributed by atoms with Gasteiger partial charge < -0.3 is 10.6 Å². The van der Waals surface area contributed by atoms with E-state index in [0.717, 1.165) is 13.8 Å². The zero-order valence-corrected chi connectivity index (χ0v) is 31.1. The summed E-state index contributed by atoms with van der Waals surface area (Å²) < 4.78 is 462. The predicted octanol–water partition coefficient (Wildman–Crippen LogP) is 11.8. The minimum absolute atomic E-state index is 0.441. The molecule has 0 bridgehead atoms. The average Bonchev–Trinajstić information content (AvgIpc) is 3.07. The molecule has 0 spiro atoms. The third kappa shape index (κ3) is 8.33. The van der Waals surface area contributed by atoms with E-state index in [4.69, 9.17) is 0 Å². The van der Waals surface area contributed by atoms with E-state index in [-0.39, 0.29) is 0 Å². The van der Waals surface area contributed by atoms with Crippen molar-refractivity contribution in [2.75, 3.05) is 6.54 Å². The van der Waals surface area contributed by atoms with Crippen molar-refractivity contribution in [3.05, 3.63) is 0 Å². The molecule has 0 saturated heterocycles. The zero-order valence-electron chi connectivity index (χ0n) is 31.1. The molecule has 2 amide bonds. The fourth-order valence-electron chi connectivity index (χ4n) is 6.16. The first-order valence-corrected chi connectivity index (χ1v) is 16.1. The SMILES string of the molecule is CC1(C)CC(NC(=O)C(F)(F)C(F)(F)C(F)(F)C(F)(F)C(F)(F)C(F)(F)C(F)(F)C(F)(F)F)CC(C)(CNC(=O)C(F)(F)C(F)(F)C(F)(F)C(F)(F)C(F)(F)C(F)(F)C(F)(F)C(F)(F)F)C1. The largest absolute Gasteiger partial charge is 0.460 e. The summed E-state index contributed by atoms with van der Waals surface area (Å²) in [5, 5.41) is 1.02. The van der Waals surface area contributed by atoms with Gasteiger partial charge in [0.05, 0.1) is 0 Å². The van der Waals surface area contributed by atoms with Crippen molar-refractivity contribution in [1.29, 1.82) is 0 Å². The van der Waals surface area contributed by atoms with Crippen LogP contribution in [0.25, 0.3) is 0 Å². The summed E-state index contributed by atoms with van der Waals surface area (Å²) in [6, 6.07) is -2.58. The van der Waals surface area contributed by atoms with Crippen LogP contribution in [-0.2, 0) is 9.59 Å². The number of halogens is 34. The Labute approximate surface area is 341 Å². The summed E-state index contributed by atoms with van der Waals surface area (Å²) in [6.07, 6.45) is -19.8. The molecule has 2 unspecified atom stereocenters. The fraction of sp³-hybridized carbons (Fsp3) is 0.929. The summed E-state index contributed by atoms with van der Waals surface area (Å²) in [5.74, 6) is -130. The highest BCUT2D eigenvalue weighted by atomic mass is 19.4. The molecule has 4 nitrogen and oxygen atoms in total. The maximum Gasteiger partial charge on any atom is 0.460 e. The number of hydrogen-bond acceptors (Lipinski definition) is 2. The Hall–Kier alpha value is -3.44. The normalized spacial score (nSPS) is 21.4. The predicted molar refractivity (Wildman–Crippen MR) is 142 cm³/mol. The molecule has 1 aliphatic rings. The van der Waals surface area contributed by atoms with Crippen LogP contribution in [0.3, 0.4) is 0 Å². The van der Waals surface area contributed by atoms with Gasteiger partial charge >= 0.3 is 95.3 Å². The number of carbonyl (C=O) groups is 2. The van der Waals surface area contributed by atoms with Crippen LogP contribution in [0.5, 0.6) is 0 Å². The Morgan fingerprint density at radius 1 is 0.379 bits per heavy atom. The number of hydrogen-bond donors (Lipinski definition) is 2. The van der Waals surface area contributed by atoms with E-state index in [0.29, 0.717) is 17.6 Å². The van der Waals surface area contributed by atoms with Crippen LogP contribution in [0.2, 0.25) is 0 Å². The third-order valence-corrected chi connectivity index (χ3v) is 9.47. The van der Waals surface area contributed by atoms with Crippen LogP contribution in [0.1, 0.15) is 40.0 Å². The standard InChI is InChI=1S/C28H20F34N2O2/c1-11(2)4-8(64-10(66)14(31,32)16(35,36)18(39,40)20(43,44)22(47,48)24(51,52)26(55,56)28(60,61)62)5-12(3,6-11)7-63-9(65)13(29,30)15(33,34)17(37,38)19(41,42)21(45,46)23(49,50)25(53,54)27(57,58)59/h8H,4-7H2,1-3H3,(H,63,65)(H,64,66). The monoisotopic (exact) mass is 1060 g/mol. The Bertz CT molecular complexity index is 1810. The van der Waals surface area contributed by atoms with Crippen LogP contribution in [0.15, 0.2) is 0 Å². The van der Waals surface area contributed by atoms with Crippen molar-refractivity contribution in [2.45, 2.75) is 141 Å². The zero-order chi connectivity index (χ0) is 54.0. The van der Waals surface area contributed by atoms with Crippen molar-refractivity contribution in [3.63, 3.8) is 0 Å². The Morgan fingerprint density at radius 2 is 0.621 bits per heavy atom. The second-order valence-electron chi connectivity index (χ2n) is 15.4. The van der Waals surface area contributed by atoms with Crippen LogP contribution in [-0.4, -0.2) is 120 Å². The molecule has 38 heteroatoms. The second-order valence-corrected chi connectivity index (χ2v) is 15.4. The number of carbonyl (C=O) groups excluding carboxylic acids is 2. The summed E-state index contributed by atoms with van der Waals surface area (Å²) in [5.41, 5.74) is -4.46. The van der Waals surface area contributed by atoms with Crippen LogP contribution in [0, 0.1) is 10.8 Å². The van der Waals surface area contributed by atoms with Crippen molar-refractivity contribution in [2.24, 2.45) is 10.8 Å². The molecular weight excluding hydrogens is 1040 g/mol. The van der Waals surface area contributed by atoms with Gasteiger partial charge in [-0.25, -0.2) is 0 Å². The smallest absolute Gasteiger partial charge is 0.350 e. The first-order chi connectivity index (χ1) is 28.0. The van der Waals surface area contributed by atoms with Crippen molar-refractivity contribution < 1.29 is 159 Å². The number of amides is 2. The van der Waals surface area contributed by atoms with Gasteiger partial charge in [-0.15, -0.1) is 0 Å². The van der Waals surface area contributed by atoms with E-state index in [1.165, 1.54) is 0 Å². The lowest BCUT2D eigenvalue weighted by Gasteiger charge is -2.47. The lowest BCUT2D eigenvalue weighted by atomic mass is 9.62. The van der Waals surface area contributed by atoms with Crippen molar-refractivity contribution in [3.8, 4) is 0 Å². The second kappa shape index (κ2) is 15.8. The molecule has 1 rings (SSSR count). The minimum Gasteiger partial charge on any atom is -0.350 e. The van der Waals surface area contributed by atoms with Crippen LogP contribution >= 0.6 is 0 Å². The molecule has 2 N–H and O–H groups in total. The van der Waals surface area contributed by atoms with Gasteiger partial charge in [0.25, 0.3) is 11.8 Å². The first kappa shape index (κ1) is 60.6. The fourth-order valence-corrected chi connectivity index (χ4v) is 6.16. The summed E-state index contributed by atoms with van der Waals surface area (Å²) in [7, 11) is 0. The third-order valence-electron chi connectivity index (χ3n) is 9.47. The van der Waals surface area contributed by atoms with E-state index in [9.17, 15) is 159 Å². The summed E-state index contributed by atoms with van der Waals surface area (Å²) in [4.78, 5) is 24.1. The van der Waals surface area contributed by atoms with Crippen molar-refractivity contribution in [1.82, 2.24) is 10.6 Å². The number of rotatable bonds is 17. The molecule has 0 aromatic rings. The van der Waals surface area contributed by atoms with Crippen molar-refractivity contribution >= 4 is 11.8 Å². The highest BCUT2D eigenvalue weighted by Gasteiger charge is 2.97. The van der Waals surface area contributed by atoms with Gasteiger partial charge in [0.1, 0.15) is 0 Å². The highest BCUT2D eigenvalue weighted by molar-refractivity contribution is 5.85. The molecule has 0 aliphatic heterocycles. The maximum atomic E-state index is 14.6. The lowest BCUT2D eigenvalue weighted by molar-refractivity contribution is -0.459. The van der Waals surface area contributed by atoms with Crippen LogP contribution < -0.4 is 10.6 Å². The minimum atomic E-state index is -9.14. The number of alkyl halides is 34. The van der Waals surface area contributed by atoms with E-state index in [2.05, 4.69) is 0 Å². The van der Waals surface area contributed by atoms with Gasteiger partial charge in [-0.05, 0) is 30.1 Å². The van der Waals surface area contributed by atoms with E-state index in [1.54, 1.807) is 0 Å². The first-order valence-electron chi connectivity index (χ1n) is 16.1. The van der Waals surface area contributed by atoms with Gasteiger partial charge in [0.15, 0.2) is 0 Å². The summed E-state index contributed by atoms with van der Waals surface area (Å²) in [6.45, 7) is 0.00520. The van der Waals surface area contributed by atoms with E-state index in [1.807, 2.05) is 0 Å². The van der Waals surface area contributed by atoms with Crippen LogP contribution in [0.4, 0.5) is 149 Å². The van der Waals surface area contributed by atoms with E-state index < -0.39 is 150 Å². The Kier molecular flexibility index (Phi) is 14.5. The maximum absolute atomic E-state index is 14.6. The molecule has 66 heavy (non-hydrogen) atoms. The van der Waals surface area contributed by atoms with Gasteiger partial charge in [-0.2, -0.15) is 149 Å². The molecule has 0 radical (unpaired) electrons. The molecular formula is C28H20F34N2O2. The van der Waals surface area contributed by atoms with Gasteiger partial charge in [0.2, 0.25) is 0 Å². The van der Waals surface area contributed by atoms with Gasteiger partial charge in [-0.1, -0.05) is 20.8 Å².